The minimum Gasteiger partial charge on any atom is -0.302 e. The Bertz CT molecular complexity index is 29.6. The van der Waals surface area contributed by atoms with Gasteiger partial charge < -0.3 is 4.84 Å². The van der Waals surface area contributed by atoms with Crippen molar-refractivity contribution in [3.8, 4) is 0 Å². The summed E-state index contributed by atoms with van der Waals surface area (Å²) in [7, 11) is 1.66. The van der Waals surface area contributed by atoms with Crippen molar-refractivity contribution >= 4 is 0 Å². The molecule has 0 unspecified atom stereocenters. The Kier molecular flexibility index (Phi) is 4.04. The molecule has 0 amide bonds. The maximum Gasteiger partial charge on any atom is 0.0575 e. The van der Waals surface area contributed by atoms with E-state index in [2.05, 4.69) is 0 Å². The largest absolute Gasteiger partial charge is 0.302 e. The van der Waals surface area contributed by atoms with Gasteiger partial charge in [-0.1, -0.05) is 6.92 Å². The lowest BCUT2D eigenvalue weighted by atomic mass is 10.6. The van der Waals surface area contributed by atoms with Crippen molar-refractivity contribution in [1.82, 2.24) is 5.06 Å². The summed E-state index contributed by atoms with van der Waals surface area (Å²) < 4.78 is 0. The van der Waals surface area contributed by atoms with Crippen molar-refractivity contribution in [2.45, 2.75) is 13.8 Å². The first kappa shape index (κ1) is 6.92. The Labute approximate surface area is 45.0 Å². The molecule has 0 aliphatic rings. The molecule has 0 saturated heterocycles. The summed E-state index contributed by atoms with van der Waals surface area (Å²) in [5, 5.41) is 1.75. The van der Waals surface area contributed by atoms with Gasteiger partial charge >= 0.3 is 0 Å². The summed E-state index contributed by atoms with van der Waals surface area (Å²) >= 11 is 0. The van der Waals surface area contributed by atoms with Gasteiger partial charge in [0.15, 0.2) is 0 Å². The lowest BCUT2D eigenvalue weighted by Crippen LogP contribution is -2.16. The Hall–Kier alpha value is -0.0800. The van der Waals surface area contributed by atoms with Crippen LogP contribution in [-0.2, 0) is 4.84 Å². The van der Waals surface area contributed by atoms with Gasteiger partial charge in [-0.05, 0) is 6.92 Å². The van der Waals surface area contributed by atoms with E-state index in [-0.39, 0.29) is 0 Å². The zero-order valence-electron chi connectivity index (χ0n) is 5.14. The minimum atomic E-state index is 0.910. The standard InChI is InChI=1S/C5H12NO/c1-4-6(5-2)7-3/h4H,5H2,1-3H3. The van der Waals surface area contributed by atoms with E-state index < -0.39 is 0 Å². The van der Waals surface area contributed by atoms with Crippen LogP contribution in [0.2, 0.25) is 0 Å². The van der Waals surface area contributed by atoms with Gasteiger partial charge in [0.05, 0.1) is 7.11 Å². The van der Waals surface area contributed by atoms with Crippen molar-refractivity contribution < 1.29 is 4.84 Å². The summed E-state index contributed by atoms with van der Waals surface area (Å²) in [6.07, 6.45) is 0. The van der Waals surface area contributed by atoms with Gasteiger partial charge in [-0.15, -0.1) is 0 Å². The first-order valence-corrected chi connectivity index (χ1v) is 2.45. The number of hydroxylamine groups is 2. The van der Waals surface area contributed by atoms with E-state index in [4.69, 9.17) is 4.84 Å². The van der Waals surface area contributed by atoms with Gasteiger partial charge in [-0.2, -0.15) is 5.06 Å². The average molecular weight is 102 g/mol. The van der Waals surface area contributed by atoms with Crippen LogP contribution in [0.5, 0.6) is 0 Å². The van der Waals surface area contributed by atoms with Gasteiger partial charge in [0, 0.05) is 13.1 Å². The molecule has 0 rings (SSSR count). The van der Waals surface area contributed by atoms with Gasteiger partial charge in [0.1, 0.15) is 0 Å². The van der Waals surface area contributed by atoms with Crippen molar-refractivity contribution in [3.63, 3.8) is 0 Å². The molecule has 0 aromatic rings. The molecule has 0 aromatic heterocycles. The zero-order chi connectivity index (χ0) is 5.70. The van der Waals surface area contributed by atoms with Crippen molar-refractivity contribution in [2.24, 2.45) is 0 Å². The van der Waals surface area contributed by atoms with Crippen LogP contribution in [0, 0.1) is 6.54 Å². The second-order valence-corrected chi connectivity index (χ2v) is 1.17. The average Bonchev–Trinajstić information content (AvgIpc) is 1.72. The van der Waals surface area contributed by atoms with Crippen molar-refractivity contribution in [3.05, 3.63) is 6.54 Å². The van der Waals surface area contributed by atoms with E-state index in [1.165, 1.54) is 0 Å². The predicted molar refractivity (Wildman–Crippen MR) is 29.4 cm³/mol. The Morgan fingerprint density at radius 1 is 1.71 bits per heavy atom. The molecule has 0 spiro atoms. The van der Waals surface area contributed by atoms with Crippen LogP contribution in [-0.4, -0.2) is 18.7 Å². The molecule has 0 aliphatic carbocycles. The second-order valence-electron chi connectivity index (χ2n) is 1.17. The molecule has 0 atom stereocenters. The SMILES string of the molecule is C[CH]N(CC)OC. The number of rotatable bonds is 3. The molecule has 7 heavy (non-hydrogen) atoms. The molecule has 0 aliphatic heterocycles. The van der Waals surface area contributed by atoms with Crippen LogP contribution in [0.1, 0.15) is 13.8 Å². The summed E-state index contributed by atoms with van der Waals surface area (Å²) in [5.74, 6) is 0. The van der Waals surface area contributed by atoms with E-state index in [0.29, 0.717) is 0 Å². The molecular weight excluding hydrogens is 90.1 g/mol. The van der Waals surface area contributed by atoms with E-state index in [1.807, 2.05) is 20.4 Å². The maximum atomic E-state index is 4.83. The third-order valence-corrected chi connectivity index (χ3v) is 0.834. The maximum absolute atomic E-state index is 4.83. The molecule has 0 aromatic carbocycles. The molecule has 1 radical (unpaired) electrons. The van der Waals surface area contributed by atoms with E-state index in [9.17, 15) is 0 Å². The van der Waals surface area contributed by atoms with Gasteiger partial charge in [0.2, 0.25) is 0 Å². The normalized spacial score (nSPS) is 10.3. The Morgan fingerprint density at radius 2 is 2.29 bits per heavy atom. The molecule has 2 heteroatoms. The molecular formula is C5H12NO. The lowest BCUT2D eigenvalue weighted by molar-refractivity contribution is -0.100. The third-order valence-electron chi connectivity index (χ3n) is 0.834. The van der Waals surface area contributed by atoms with E-state index >= 15 is 0 Å². The Balaban J connectivity index is 2.99. The van der Waals surface area contributed by atoms with Crippen LogP contribution in [0.3, 0.4) is 0 Å². The van der Waals surface area contributed by atoms with Gasteiger partial charge in [-0.3, -0.25) is 0 Å². The van der Waals surface area contributed by atoms with Crippen LogP contribution in [0.15, 0.2) is 0 Å². The summed E-state index contributed by atoms with van der Waals surface area (Å²) in [5.41, 5.74) is 0. The molecule has 0 N–H and O–H groups in total. The lowest BCUT2D eigenvalue weighted by Gasteiger charge is -2.12. The smallest absolute Gasteiger partial charge is 0.0575 e. The fourth-order valence-corrected chi connectivity index (χ4v) is 0.417. The first-order chi connectivity index (χ1) is 3.35. The van der Waals surface area contributed by atoms with Gasteiger partial charge in [0.25, 0.3) is 0 Å². The van der Waals surface area contributed by atoms with Crippen molar-refractivity contribution in [2.75, 3.05) is 13.7 Å². The van der Waals surface area contributed by atoms with Crippen molar-refractivity contribution in [1.29, 1.82) is 0 Å². The van der Waals surface area contributed by atoms with Crippen LogP contribution >= 0.6 is 0 Å². The summed E-state index contributed by atoms with van der Waals surface area (Å²) in [6, 6.07) is 0. The summed E-state index contributed by atoms with van der Waals surface area (Å²) in [6.45, 7) is 6.77. The highest BCUT2D eigenvalue weighted by Crippen LogP contribution is 1.87. The highest BCUT2D eigenvalue weighted by Gasteiger charge is 1.90. The number of nitrogens with zero attached hydrogens (tertiary/aromatic N) is 1. The Morgan fingerprint density at radius 3 is 2.29 bits per heavy atom. The molecule has 0 fully saturated rings. The molecule has 0 bridgehead atoms. The highest BCUT2D eigenvalue weighted by molar-refractivity contribution is 4.46. The molecule has 0 saturated carbocycles. The zero-order valence-corrected chi connectivity index (χ0v) is 5.14. The van der Waals surface area contributed by atoms with E-state index in [0.717, 1.165) is 6.54 Å². The van der Waals surface area contributed by atoms with Crippen LogP contribution in [0.25, 0.3) is 0 Å². The molecule has 0 heterocycles. The quantitative estimate of drug-likeness (QED) is 0.494. The molecule has 2 nitrogen and oxygen atoms in total. The highest BCUT2D eigenvalue weighted by atomic mass is 16.7. The first-order valence-electron chi connectivity index (χ1n) is 2.45. The minimum absolute atomic E-state index is 0.910. The number of hydrogen-bond acceptors (Lipinski definition) is 2. The monoisotopic (exact) mass is 102 g/mol. The topological polar surface area (TPSA) is 12.5 Å². The van der Waals surface area contributed by atoms with Crippen LogP contribution in [0.4, 0.5) is 0 Å². The van der Waals surface area contributed by atoms with E-state index in [1.54, 1.807) is 12.2 Å². The second kappa shape index (κ2) is 4.09. The fourth-order valence-electron chi connectivity index (χ4n) is 0.417. The summed E-state index contributed by atoms with van der Waals surface area (Å²) in [4.78, 5) is 4.83. The number of hydrogen-bond donors (Lipinski definition) is 0. The predicted octanol–water partition coefficient (Wildman–Crippen LogP) is 1.05. The fraction of sp³-hybridized carbons (Fsp3) is 0.800. The van der Waals surface area contributed by atoms with Gasteiger partial charge in [-0.25, -0.2) is 0 Å². The van der Waals surface area contributed by atoms with Crippen LogP contribution < -0.4 is 0 Å². The third kappa shape index (κ3) is 2.60. The molecule has 43 valence electrons.